The van der Waals surface area contributed by atoms with Crippen molar-refractivity contribution >= 4 is 44.3 Å². The highest BCUT2D eigenvalue weighted by Crippen LogP contribution is 2.16. The van der Waals surface area contributed by atoms with Gasteiger partial charge < -0.3 is 4.74 Å². The summed E-state index contributed by atoms with van der Waals surface area (Å²) in [5.41, 5.74) is -0.216. The lowest BCUT2D eigenvalue weighted by molar-refractivity contribution is -0.384. The zero-order valence-electron chi connectivity index (χ0n) is 12.6. The molecule has 0 unspecified atom stereocenters. The Labute approximate surface area is 147 Å². The number of sulfonamides is 1. The van der Waals surface area contributed by atoms with Gasteiger partial charge in [0.2, 0.25) is 10.0 Å². The highest BCUT2D eigenvalue weighted by molar-refractivity contribution is 14.1. The summed E-state index contributed by atoms with van der Waals surface area (Å²) in [5, 5.41) is 10.6. The van der Waals surface area contributed by atoms with E-state index in [0.29, 0.717) is 4.43 Å². The average Bonchev–Trinajstić information content (AvgIpc) is 2.46. The van der Waals surface area contributed by atoms with Crippen LogP contribution in [0, 0.1) is 10.1 Å². The number of alkyl halides is 1. The number of ether oxygens (including phenoxy) is 1. The molecule has 1 atom stereocenters. The van der Waals surface area contributed by atoms with E-state index in [4.69, 9.17) is 4.74 Å². The minimum absolute atomic E-state index is 0.154. The van der Waals surface area contributed by atoms with Crippen LogP contribution in [0.1, 0.15) is 20.3 Å². The maximum absolute atomic E-state index is 12.3. The molecule has 0 saturated heterocycles. The summed E-state index contributed by atoms with van der Waals surface area (Å²) in [6.45, 7) is 3.34. The van der Waals surface area contributed by atoms with Crippen molar-refractivity contribution in [1.82, 2.24) is 4.72 Å². The highest BCUT2D eigenvalue weighted by Gasteiger charge is 2.27. The number of hydrogen-bond acceptors (Lipinski definition) is 6. The van der Waals surface area contributed by atoms with Gasteiger partial charge in [0, 0.05) is 16.6 Å². The van der Waals surface area contributed by atoms with E-state index >= 15 is 0 Å². The molecule has 0 fully saturated rings. The van der Waals surface area contributed by atoms with E-state index in [1.165, 1.54) is 0 Å². The number of nitrogens with one attached hydrogen (secondary N) is 1. The quantitative estimate of drug-likeness (QED) is 0.210. The van der Waals surface area contributed by atoms with Crippen molar-refractivity contribution in [3.63, 3.8) is 0 Å². The fraction of sp³-hybridized carbons (Fsp3) is 0.462. The van der Waals surface area contributed by atoms with E-state index in [1.807, 2.05) is 22.6 Å². The van der Waals surface area contributed by atoms with E-state index in [0.717, 1.165) is 24.3 Å². The molecular formula is C13H17IN2O6S. The molecule has 0 amide bonds. The Morgan fingerprint density at radius 2 is 1.91 bits per heavy atom. The lowest BCUT2D eigenvalue weighted by atomic mass is 10.2. The molecule has 0 bridgehead atoms. The minimum Gasteiger partial charge on any atom is -0.462 e. The molecule has 0 spiro atoms. The van der Waals surface area contributed by atoms with E-state index in [1.54, 1.807) is 13.8 Å². The Bertz CT molecular complexity index is 660. The van der Waals surface area contributed by atoms with Crippen LogP contribution in [0.4, 0.5) is 5.69 Å². The molecule has 0 saturated carbocycles. The zero-order valence-corrected chi connectivity index (χ0v) is 15.5. The molecule has 8 nitrogen and oxygen atoms in total. The first-order valence-electron chi connectivity index (χ1n) is 6.70. The maximum atomic E-state index is 12.3. The van der Waals surface area contributed by atoms with Crippen molar-refractivity contribution in [2.75, 3.05) is 4.43 Å². The number of non-ortho nitro benzene ring substituents is 1. The number of carbonyl (C=O) groups is 1. The van der Waals surface area contributed by atoms with Crippen molar-refractivity contribution in [2.24, 2.45) is 0 Å². The summed E-state index contributed by atoms with van der Waals surface area (Å²) in [6, 6.07) is 3.42. The second kappa shape index (κ2) is 8.55. The second-order valence-corrected chi connectivity index (χ2v) is 7.68. The van der Waals surface area contributed by atoms with E-state index in [-0.39, 0.29) is 23.1 Å². The Kier molecular flexibility index (Phi) is 7.35. The van der Waals surface area contributed by atoms with Gasteiger partial charge in [-0.1, -0.05) is 22.6 Å². The minimum atomic E-state index is -3.98. The van der Waals surface area contributed by atoms with Crippen LogP contribution in [0.3, 0.4) is 0 Å². The predicted molar refractivity (Wildman–Crippen MR) is 91.9 cm³/mol. The van der Waals surface area contributed by atoms with Crippen LogP contribution in [0.25, 0.3) is 0 Å². The molecule has 0 aromatic heterocycles. The average molecular weight is 456 g/mol. The van der Waals surface area contributed by atoms with Crippen molar-refractivity contribution in [1.29, 1.82) is 0 Å². The molecule has 1 N–H and O–H groups in total. The molecule has 10 heteroatoms. The van der Waals surface area contributed by atoms with Crippen LogP contribution < -0.4 is 4.72 Å². The Morgan fingerprint density at radius 3 is 2.35 bits per heavy atom. The first kappa shape index (κ1) is 19.8. The van der Waals surface area contributed by atoms with E-state index in [9.17, 15) is 23.3 Å². The van der Waals surface area contributed by atoms with Gasteiger partial charge in [-0.2, -0.15) is 4.72 Å². The van der Waals surface area contributed by atoms with Gasteiger partial charge in [0.25, 0.3) is 5.69 Å². The van der Waals surface area contributed by atoms with Crippen molar-refractivity contribution in [3.05, 3.63) is 34.4 Å². The number of nitro groups is 1. The van der Waals surface area contributed by atoms with Gasteiger partial charge >= 0.3 is 5.97 Å². The lowest BCUT2D eigenvalue weighted by Crippen LogP contribution is -2.42. The van der Waals surface area contributed by atoms with Crippen LogP contribution in [-0.4, -0.2) is 35.9 Å². The van der Waals surface area contributed by atoms with Crippen molar-refractivity contribution in [2.45, 2.75) is 37.3 Å². The highest BCUT2D eigenvalue weighted by atomic mass is 127. The van der Waals surface area contributed by atoms with Crippen molar-refractivity contribution < 1.29 is 22.9 Å². The van der Waals surface area contributed by atoms with Gasteiger partial charge in [-0.25, -0.2) is 8.42 Å². The number of rotatable bonds is 8. The normalized spacial score (nSPS) is 12.9. The van der Waals surface area contributed by atoms with Crippen LogP contribution in [0.15, 0.2) is 29.2 Å². The number of nitrogens with zero attached hydrogens (tertiary/aromatic N) is 1. The number of carbonyl (C=O) groups excluding carboxylic acids is 1. The van der Waals surface area contributed by atoms with Gasteiger partial charge in [-0.15, -0.1) is 0 Å². The van der Waals surface area contributed by atoms with Crippen LogP contribution in [-0.2, 0) is 19.6 Å². The second-order valence-electron chi connectivity index (χ2n) is 4.89. The number of hydrogen-bond donors (Lipinski definition) is 1. The van der Waals surface area contributed by atoms with Crippen LogP contribution in [0.5, 0.6) is 0 Å². The van der Waals surface area contributed by atoms with Gasteiger partial charge in [0.15, 0.2) is 0 Å². The summed E-state index contributed by atoms with van der Waals surface area (Å²) in [6.07, 6.45) is -0.0821. The molecule has 0 aliphatic rings. The SMILES string of the molecule is CC(C)OC(=O)[C@H](CCI)NS(=O)(=O)c1ccc([N+](=O)[O-])cc1. The first-order valence-corrected chi connectivity index (χ1v) is 9.71. The Hall–Kier alpha value is -1.27. The van der Waals surface area contributed by atoms with Gasteiger partial charge in [-0.3, -0.25) is 14.9 Å². The van der Waals surface area contributed by atoms with Gasteiger partial charge in [0.1, 0.15) is 6.04 Å². The molecule has 0 heterocycles. The fourth-order valence-electron chi connectivity index (χ4n) is 1.65. The fourth-order valence-corrected chi connectivity index (χ4v) is 3.49. The van der Waals surface area contributed by atoms with E-state index < -0.39 is 27.0 Å². The summed E-state index contributed by atoms with van der Waals surface area (Å²) in [4.78, 5) is 21.8. The molecular weight excluding hydrogens is 439 g/mol. The maximum Gasteiger partial charge on any atom is 0.324 e. The molecule has 1 aromatic rings. The third kappa shape index (κ3) is 6.03. The standard InChI is InChI=1S/C13H17IN2O6S/c1-9(2)22-13(17)12(7-8-14)15-23(20,21)11-5-3-10(4-6-11)16(18)19/h3-6,9,12,15H,7-8H2,1-2H3/t12-/m0/s1. The zero-order chi connectivity index (χ0) is 17.6. The Balaban J connectivity index is 2.96. The lowest BCUT2D eigenvalue weighted by Gasteiger charge is -2.18. The molecule has 128 valence electrons. The smallest absolute Gasteiger partial charge is 0.324 e. The Morgan fingerprint density at radius 1 is 1.35 bits per heavy atom. The monoisotopic (exact) mass is 456 g/mol. The predicted octanol–water partition coefficient (Wildman–Crippen LogP) is 2.02. The van der Waals surface area contributed by atoms with Gasteiger partial charge in [0.05, 0.1) is 15.9 Å². The first-order chi connectivity index (χ1) is 10.7. The number of benzene rings is 1. The van der Waals surface area contributed by atoms with Gasteiger partial charge in [-0.05, 0) is 32.4 Å². The number of esters is 1. The van der Waals surface area contributed by atoms with E-state index in [2.05, 4.69) is 4.72 Å². The van der Waals surface area contributed by atoms with Crippen molar-refractivity contribution in [3.8, 4) is 0 Å². The third-order valence-electron chi connectivity index (χ3n) is 2.69. The summed E-state index contributed by atoms with van der Waals surface area (Å²) in [5.74, 6) is -0.651. The summed E-state index contributed by atoms with van der Waals surface area (Å²) < 4.78 is 32.5. The molecule has 1 aromatic carbocycles. The number of halogens is 1. The molecule has 0 radical (unpaired) electrons. The van der Waals surface area contributed by atoms with Crippen LogP contribution in [0.2, 0.25) is 0 Å². The summed E-state index contributed by atoms with van der Waals surface area (Å²) in [7, 11) is -3.98. The topological polar surface area (TPSA) is 116 Å². The van der Waals surface area contributed by atoms with Crippen LogP contribution >= 0.6 is 22.6 Å². The molecule has 0 aliphatic heterocycles. The largest absolute Gasteiger partial charge is 0.462 e. The molecule has 23 heavy (non-hydrogen) atoms. The molecule has 1 rings (SSSR count). The number of nitro benzene ring substituents is 1. The molecule has 0 aliphatic carbocycles. The summed E-state index contributed by atoms with van der Waals surface area (Å²) >= 11 is 2.03. The third-order valence-corrected chi connectivity index (χ3v) is 4.80.